The first kappa shape index (κ1) is 15.0. The van der Waals surface area contributed by atoms with Gasteiger partial charge in [-0.15, -0.1) is 0 Å². The van der Waals surface area contributed by atoms with Crippen LogP contribution in [0.3, 0.4) is 0 Å². The van der Waals surface area contributed by atoms with Crippen LogP contribution in [0.1, 0.15) is 49.4 Å². The van der Waals surface area contributed by atoms with Crippen LogP contribution < -0.4 is 11.1 Å². The summed E-state index contributed by atoms with van der Waals surface area (Å²) in [5.41, 5.74) is 5.99. The number of aromatic nitrogens is 1. The minimum Gasteiger partial charge on any atom is -0.444 e. The van der Waals surface area contributed by atoms with Crippen molar-refractivity contribution in [2.24, 2.45) is 11.1 Å². The van der Waals surface area contributed by atoms with Gasteiger partial charge in [0.15, 0.2) is 0 Å². The van der Waals surface area contributed by atoms with Crippen LogP contribution in [0.5, 0.6) is 0 Å². The maximum atomic E-state index is 12.5. The van der Waals surface area contributed by atoms with Crippen LogP contribution in [-0.4, -0.2) is 15.9 Å². The summed E-state index contributed by atoms with van der Waals surface area (Å²) in [4.78, 5) is 17.0. The molecule has 3 N–H and O–H groups in total. The Morgan fingerprint density at radius 3 is 2.55 bits per heavy atom. The molecule has 0 unspecified atom stereocenters. The van der Waals surface area contributed by atoms with Crippen molar-refractivity contribution in [3.63, 3.8) is 0 Å². The van der Waals surface area contributed by atoms with E-state index in [-0.39, 0.29) is 12.5 Å². The lowest BCUT2D eigenvalue weighted by Gasteiger charge is -2.34. The summed E-state index contributed by atoms with van der Waals surface area (Å²) in [6.07, 6.45) is 4.58. The zero-order valence-electron chi connectivity index (χ0n) is 12.0. The fraction of sp³-hybridized carbons (Fsp3) is 0.643. The molecule has 110 valence electrons. The summed E-state index contributed by atoms with van der Waals surface area (Å²) < 4.78 is 5.46. The fourth-order valence-corrected chi connectivity index (χ4v) is 2.98. The molecular weight excluding hydrogens is 274 g/mol. The Kier molecular flexibility index (Phi) is 4.42. The largest absolute Gasteiger partial charge is 0.444 e. The highest BCUT2D eigenvalue weighted by atomic mass is 32.1. The van der Waals surface area contributed by atoms with Gasteiger partial charge >= 0.3 is 0 Å². The second-order valence-electron chi connectivity index (χ2n) is 5.44. The van der Waals surface area contributed by atoms with Crippen molar-refractivity contribution in [2.45, 2.75) is 52.5 Å². The van der Waals surface area contributed by atoms with Gasteiger partial charge in [0.2, 0.25) is 11.8 Å². The lowest BCUT2D eigenvalue weighted by molar-refractivity contribution is -0.129. The Bertz CT molecular complexity index is 499. The molecule has 0 radical (unpaired) electrons. The van der Waals surface area contributed by atoms with Crippen LogP contribution in [0.25, 0.3) is 0 Å². The van der Waals surface area contributed by atoms with E-state index in [2.05, 4.69) is 10.3 Å². The number of oxazole rings is 1. The highest BCUT2D eigenvalue weighted by Crippen LogP contribution is 2.37. The Labute approximate surface area is 124 Å². The lowest BCUT2D eigenvalue weighted by atomic mass is 9.73. The molecule has 20 heavy (non-hydrogen) atoms. The summed E-state index contributed by atoms with van der Waals surface area (Å²) in [6.45, 7) is 4.00. The van der Waals surface area contributed by atoms with Crippen molar-refractivity contribution in [3.05, 3.63) is 17.3 Å². The van der Waals surface area contributed by atoms with Gasteiger partial charge < -0.3 is 15.5 Å². The van der Waals surface area contributed by atoms with Crippen LogP contribution in [0.4, 0.5) is 0 Å². The Balaban J connectivity index is 2.04. The first-order chi connectivity index (χ1) is 9.45. The highest BCUT2D eigenvalue weighted by molar-refractivity contribution is 7.80. The van der Waals surface area contributed by atoms with E-state index in [1.807, 2.05) is 13.8 Å². The maximum Gasteiger partial charge on any atom is 0.233 e. The van der Waals surface area contributed by atoms with E-state index in [0.29, 0.717) is 10.9 Å². The van der Waals surface area contributed by atoms with E-state index >= 15 is 0 Å². The first-order valence-electron chi connectivity index (χ1n) is 6.97. The lowest BCUT2D eigenvalue weighted by Crippen LogP contribution is -2.49. The Morgan fingerprint density at radius 2 is 2.05 bits per heavy atom. The topological polar surface area (TPSA) is 81.2 Å². The number of thiocarbonyl (C=S) groups is 1. The summed E-state index contributed by atoms with van der Waals surface area (Å²) in [5.74, 6) is 1.19. The molecule has 1 saturated carbocycles. The number of nitrogens with two attached hydrogens (primary N) is 1. The van der Waals surface area contributed by atoms with Gasteiger partial charge in [0.1, 0.15) is 5.76 Å². The molecule has 5 nitrogen and oxygen atoms in total. The molecule has 1 aliphatic rings. The highest BCUT2D eigenvalue weighted by Gasteiger charge is 2.42. The van der Waals surface area contributed by atoms with Crippen LogP contribution in [0.2, 0.25) is 0 Å². The Hall–Kier alpha value is -1.43. The summed E-state index contributed by atoms with van der Waals surface area (Å²) >= 11 is 5.14. The number of nitrogens with one attached hydrogen (secondary N) is 1. The van der Waals surface area contributed by atoms with E-state index < -0.39 is 5.41 Å². The average molecular weight is 295 g/mol. The van der Waals surface area contributed by atoms with Crippen molar-refractivity contribution in [1.82, 2.24) is 10.3 Å². The smallest absolute Gasteiger partial charge is 0.233 e. The minimum absolute atomic E-state index is 0.0989. The number of hydrogen-bond donors (Lipinski definition) is 2. The molecule has 1 aliphatic carbocycles. The molecule has 0 bridgehead atoms. The number of aryl methyl sites for hydroxylation is 2. The van der Waals surface area contributed by atoms with E-state index in [9.17, 15) is 4.79 Å². The molecule has 1 aromatic rings. The van der Waals surface area contributed by atoms with Crippen molar-refractivity contribution in [1.29, 1.82) is 0 Å². The monoisotopic (exact) mass is 295 g/mol. The molecule has 1 aromatic heterocycles. The van der Waals surface area contributed by atoms with Crippen molar-refractivity contribution >= 4 is 23.1 Å². The molecule has 6 heteroatoms. The fourth-order valence-electron chi connectivity index (χ4n) is 2.68. The van der Waals surface area contributed by atoms with Gasteiger partial charge in [-0.1, -0.05) is 31.5 Å². The number of nitrogens with zero attached hydrogens (tertiary/aromatic N) is 1. The molecule has 0 aromatic carbocycles. The zero-order valence-corrected chi connectivity index (χ0v) is 12.8. The van der Waals surface area contributed by atoms with Crippen LogP contribution in [0.15, 0.2) is 4.42 Å². The first-order valence-corrected chi connectivity index (χ1v) is 7.37. The molecule has 0 aliphatic heterocycles. The third-order valence-electron chi connectivity index (χ3n) is 4.09. The van der Waals surface area contributed by atoms with Gasteiger partial charge in [0.25, 0.3) is 0 Å². The van der Waals surface area contributed by atoms with Gasteiger partial charge in [-0.2, -0.15) is 0 Å². The Morgan fingerprint density at radius 1 is 1.40 bits per heavy atom. The zero-order chi connectivity index (χ0) is 14.8. The number of carbonyl (C=O) groups excluding carboxylic acids is 1. The maximum absolute atomic E-state index is 12.5. The van der Waals surface area contributed by atoms with Crippen LogP contribution in [0, 0.1) is 19.3 Å². The van der Waals surface area contributed by atoms with Gasteiger partial charge in [-0.05, 0) is 26.7 Å². The number of rotatable bonds is 4. The summed E-state index contributed by atoms with van der Waals surface area (Å²) in [7, 11) is 0. The van der Waals surface area contributed by atoms with Crippen molar-refractivity contribution in [2.75, 3.05) is 0 Å². The summed E-state index contributed by atoms with van der Waals surface area (Å²) in [6, 6.07) is 0. The third-order valence-corrected chi connectivity index (χ3v) is 4.48. The van der Waals surface area contributed by atoms with Gasteiger partial charge in [-0.25, -0.2) is 4.98 Å². The minimum atomic E-state index is -0.690. The predicted molar refractivity (Wildman–Crippen MR) is 80.1 cm³/mol. The van der Waals surface area contributed by atoms with Gasteiger partial charge in [0, 0.05) is 0 Å². The van der Waals surface area contributed by atoms with Gasteiger partial charge in [-0.3, -0.25) is 4.79 Å². The number of hydrogen-bond acceptors (Lipinski definition) is 4. The molecule has 1 heterocycles. The van der Waals surface area contributed by atoms with E-state index in [1.165, 1.54) is 0 Å². The van der Waals surface area contributed by atoms with E-state index in [0.717, 1.165) is 43.6 Å². The van der Waals surface area contributed by atoms with Gasteiger partial charge in [0.05, 0.1) is 22.6 Å². The molecule has 2 rings (SSSR count). The molecule has 0 atom stereocenters. The SMILES string of the molecule is Cc1nc(CNC(=O)C2(C(N)=S)CCCCC2)oc1C. The normalized spacial score (nSPS) is 17.7. The third kappa shape index (κ3) is 2.85. The quantitative estimate of drug-likeness (QED) is 0.832. The van der Waals surface area contributed by atoms with E-state index in [4.69, 9.17) is 22.4 Å². The number of amides is 1. The molecule has 1 amide bonds. The van der Waals surface area contributed by atoms with Crippen LogP contribution >= 0.6 is 12.2 Å². The predicted octanol–water partition coefficient (Wildman–Crippen LogP) is 2.14. The van der Waals surface area contributed by atoms with E-state index in [1.54, 1.807) is 0 Å². The molecule has 0 saturated heterocycles. The second kappa shape index (κ2) is 5.91. The second-order valence-corrected chi connectivity index (χ2v) is 5.88. The van der Waals surface area contributed by atoms with Crippen molar-refractivity contribution in [3.8, 4) is 0 Å². The molecular formula is C14H21N3O2S. The summed E-state index contributed by atoms with van der Waals surface area (Å²) in [5, 5.41) is 2.87. The van der Waals surface area contributed by atoms with Crippen molar-refractivity contribution < 1.29 is 9.21 Å². The average Bonchev–Trinajstić information content (AvgIpc) is 2.75. The molecule has 0 spiro atoms. The standard InChI is InChI=1S/C14H21N3O2S/c1-9-10(2)19-11(17-9)8-16-13(18)14(12(15)20)6-4-3-5-7-14/h3-8H2,1-2H3,(H2,15,20)(H,16,18). The van der Waals surface area contributed by atoms with Crippen LogP contribution in [-0.2, 0) is 11.3 Å². The molecule has 1 fully saturated rings. The number of carbonyl (C=O) groups is 1.